The van der Waals surface area contributed by atoms with Crippen LogP contribution < -0.4 is 4.90 Å². The minimum atomic E-state index is -0.284. The van der Waals surface area contributed by atoms with Crippen LogP contribution in [0.3, 0.4) is 0 Å². The Balaban J connectivity index is 1.58. The first-order valence-electron chi connectivity index (χ1n) is 11.9. The lowest BCUT2D eigenvalue weighted by Gasteiger charge is -2.30. The molecule has 0 radical (unpaired) electrons. The monoisotopic (exact) mass is 475 g/mol. The van der Waals surface area contributed by atoms with Crippen molar-refractivity contribution in [2.45, 2.75) is 26.7 Å². The summed E-state index contributed by atoms with van der Waals surface area (Å²) in [6.07, 6.45) is 2.30. The largest absolute Gasteiger partial charge is 0.466 e. The highest BCUT2D eigenvalue weighted by molar-refractivity contribution is 6.11. The van der Waals surface area contributed by atoms with E-state index < -0.39 is 0 Å². The number of oxazole rings is 1. The summed E-state index contributed by atoms with van der Waals surface area (Å²) in [5.74, 6) is -0.635. The van der Waals surface area contributed by atoms with E-state index in [9.17, 15) is 14.4 Å². The molecule has 1 saturated heterocycles. The second-order valence-corrected chi connectivity index (χ2v) is 8.28. The molecular weight excluding hydrogens is 446 g/mol. The Morgan fingerprint density at radius 3 is 2.40 bits per heavy atom. The molecule has 1 aromatic heterocycles. The number of hydrogen-bond acceptors (Lipinski definition) is 6. The minimum Gasteiger partial charge on any atom is -0.466 e. The molecule has 0 saturated carbocycles. The Kier molecular flexibility index (Phi) is 7.60. The fourth-order valence-electron chi connectivity index (χ4n) is 4.38. The predicted molar refractivity (Wildman–Crippen MR) is 131 cm³/mol. The van der Waals surface area contributed by atoms with Crippen molar-refractivity contribution in [1.29, 1.82) is 0 Å². The number of hydrogen-bond donors (Lipinski definition) is 0. The van der Waals surface area contributed by atoms with Crippen LogP contribution >= 0.6 is 0 Å². The van der Waals surface area contributed by atoms with Gasteiger partial charge < -0.3 is 19.0 Å². The molecule has 3 aromatic rings. The quantitative estimate of drug-likeness (QED) is 0.470. The first-order chi connectivity index (χ1) is 17.0. The Labute approximate surface area is 204 Å². The zero-order chi connectivity index (χ0) is 24.8. The second-order valence-electron chi connectivity index (χ2n) is 8.28. The predicted octanol–water partition coefficient (Wildman–Crippen LogP) is 4.42. The number of piperidine rings is 1. The normalized spacial score (nSPS) is 13.9. The molecule has 0 atom stereocenters. The van der Waals surface area contributed by atoms with Gasteiger partial charge in [0, 0.05) is 30.9 Å². The van der Waals surface area contributed by atoms with E-state index in [1.54, 1.807) is 41.0 Å². The van der Waals surface area contributed by atoms with Gasteiger partial charge in [-0.25, -0.2) is 4.98 Å². The van der Waals surface area contributed by atoms with Crippen LogP contribution in [0.5, 0.6) is 0 Å². The van der Waals surface area contributed by atoms with Crippen LogP contribution in [-0.4, -0.2) is 53.9 Å². The molecule has 0 bridgehead atoms. The number of amides is 2. The summed E-state index contributed by atoms with van der Waals surface area (Å²) in [5.41, 5.74) is 1.87. The van der Waals surface area contributed by atoms with Gasteiger partial charge in [0.1, 0.15) is 0 Å². The molecule has 4 rings (SSSR count). The van der Waals surface area contributed by atoms with Crippen molar-refractivity contribution in [1.82, 2.24) is 9.88 Å². The van der Waals surface area contributed by atoms with Crippen molar-refractivity contribution in [2.24, 2.45) is 5.92 Å². The van der Waals surface area contributed by atoms with Crippen LogP contribution in [0, 0.1) is 5.92 Å². The van der Waals surface area contributed by atoms with Crippen molar-refractivity contribution in [3.8, 4) is 11.3 Å². The summed E-state index contributed by atoms with van der Waals surface area (Å²) >= 11 is 0. The summed E-state index contributed by atoms with van der Waals surface area (Å²) in [5, 5.41) is 0. The topological polar surface area (TPSA) is 93.0 Å². The molecule has 0 N–H and O–H groups in total. The van der Waals surface area contributed by atoms with E-state index >= 15 is 0 Å². The van der Waals surface area contributed by atoms with Gasteiger partial charge in [0.05, 0.1) is 18.1 Å². The van der Waals surface area contributed by atoms with Crippen LogP contribution in [-0.2, 0) is 9.53 Å². The Morgan fingerprint density at radius 2 is 1.71 bits per heavy atom. The number of ether oxygens (including phenoxy) is 1. The lowest BCUT2D eigenvalue weighted by atomic mass is 9.96. The maximum absolute atomic E-state index is 13.6. The minimum absolute atomic E-state index is 0.155. The van der Waals surface area contributed by atoms with Gasteiger partial charge in [-0.1, -0.05) is 36.4 Å². The number of benzene rings is 2. The van der Waals surface area contributed by atoms with Crippen LogP contribution in [0.1, 0.15) is 47.5 Å². The molecule has 1 aliphatic rings. The highest BCUT2D eigenvalue weighted by atomic mass is 16.5. The zero-order valence-corrected chi connectivity index (χ0v) is 20.0. The summed E-state index contributed by atoms with van der Waals surface area (Å²) in [6.45, 7) is 5.37. The van der Waals surface area contributed by atoms with Gasteiger partial charge in [0.2, 0.25) is 0 Å². The number of carbonyl (C=O) groups is 3. The average molecular weight is 476 g/mol. The van der Waals surface area contributed by atoms with Gasteiger partial charge in [0.25, 0.3) is 11.8 Å². The van der Waals surface area contributed by atoms with Crippen molar-refractivity contribution >= 4 is 23.5 Å². The molecule has 35 heavy (non-hydrogen) atoms. The average Bonchev–Trinajstić information content (AvgIpc) is 3.39. The van der Waals surface area contributed by atoms with Gasteiger partial charge in [-0.05, 0) is 44.9 Å². The highest BCUT2D eigenvalue weighted by Crippen LogP contribution is 2.30. The van der Waals surface area contributed by atoms with Crippen LogP contribution in [0.2, 0.25) is 0 Å². The third-order valence-corrected chi connectivity index (χ3v) is 6.20. The summed E-state index contributed by atoms with van der Waals surface area (Å²) < 4.78 is 10.8. The first-order valence-corrected chi connectivity index (χ1v) is 11.9. The number of nitrogens with zero attached hydrogens (tertiary/aromatic N) is 3. The molecule has 1 fully saturated rings. The molecule has 1 aliphatic heterocycles. The Bertz CT molecular complexity index is 1180. The molecule has 8 nitrogen and oxygen atoms in total. The van der Waals surface area contributed by atoms with E-state index in [2.05, 4.69) is 4.98 Å². The van der Waals surface area contributed by atoms with Crippen molar-refractivity contribution in [2.75, 3.05) is 31.1 Å². The van der Waals surface area contributed by atoms with Crippen molar-refractivity contribution < 1.29 is 23.5 Å². The Hall–Kier alpha value is -3.94. The lowest BCUT2D eigenvalue weighted by Crippen LogP contribution is -2.41. The molecule has 2 amide bonds. The molecule has 8 heteroatoms. The van der Waals surface area contributed by atoms with E-state index in [4.69, 9.17) is 9.15 Å². The highest BCUT2D eigenvalue weighted by Gasteiger charge is 2.32. The number of aromatic nitrogens is 1. The first kappa shape index (κ1) is 24.2. The molecule has 2 aromatic carbocycles. The molecule has 2 heterocycles. The lowest BCUT2D eigenvalue weighted by molar-refractivity contribution is -0.149. The SMILES string of the molecule is CCOC(=O)C1CCN(C(=O)c2ncoc2-c2ccccc2C(=O)N(CC)c2ccccc2)CC1. The van der Waals surface area contributed by atoms with E-state index in [1.165, 1.54) is 6.39 Å². The van der Waals surface area contributed by atoms with Gasteiger partial charge >= 0.3 is 5.97 Å². The number of para-hydroxylation sites is 1. The summed E-state index contributed by atoms with van der Waals surface area (Å²) in [4.78, 5) is 46.5. The van der Waals surface area contributed by atoms with E-state index in [-0.39, 0.29) is 35.2 Å². The van der Waals surface area contributed by atoms with Crippen LogP contribution in [0.15, 0.2) is 65.4 Å². The molecule has 0 spiro atoms. The number of likely N-dealkylation sites (tertiary alicyclic amines) is 1. The summed E-state index contributed by atoms with van der Waals surface area (Å²) in [7, 11) is 0. The zero-order valence-electron chi connectivity index (χ0n) is 20.0. The third kappa shape index (κ3) is 5.11. The van der Waals surface area contributed by atoms with Crippen LogP contribution in [0.4, 0.5) is 5.69 Å². The molecule has 0 aliphatic carbocycles. The van der Waals surface area contributed by atoms with Crippen molar-refractivity contribution in [3.63, 3.8) is 0 Å². The van der Waals surface area contributed by atoms with Gasteiger partial charge in [-0.2, -0.15) is 0 Å². The summed E-state index contributed by atoms with van der Waals surface area (Å²) in [6, 6.07) is 16.5. The van der Waals surface area contributed by atoms with E-state index in [0.717, 1.165) is 5.69 Å². The number of carbonyl (C=O) groups excluding carboxylic acids is 3. The second kappa shape index (κ2) is 11.0. The maximum Gasteiger partial charge on any atom is 0.309 e. The molecule has 182 valence electrons. The van der Waals surface area contributed by atoms with Crippen molar-refractivity contribution in [3.05, 3.63) is 72.2 Å². The van der Waals surface area contributed by atoms with Crippen LogP contribution in [0.25, 0.3) is 11.3 Å². The number of anilines is 1. The fourth-order valence-corrected chi connectivity index (χ4v) is 4.38. The fraction of sp³-hybridized carbons (Fsp3) is 0.333. The smallest absolute Gasteiger partial charge is 0.309 e. The van der Waals surface area contributed by atoms with Gasteiger partial charge in [0.15, 0.2) is 17.8 Å². The number of esters is 1. The Morgan fingerprint density at radius 1 is 1.03 bits per heavy atom. The molecule has 0 unspecified atom stereocenters. The molecular formula is C27H29N3O5. The van der Waals surface area contributed by atoms with E-state index in [0.29, 0.717) is 50.2 Å². The van der Waals surface area contributed by atoms with E-state index in [1.807, 2.05) is 37.3 Å². The van der Waals surface area contributed by atoms with Gasteiger partial charge in [-0.3, -0.25) is 14.4 Å². The third-order valence-electron chi connectivity index (χ3n) is 6.20. The standard InChI is InChI=1S/C27H29N3O5/c1-3-30(20-10-6-5-7-11-20)25(31)22-13-9-8-12-21(22)24-23(28-18-35-24)26(32)29-16-14-19(15-17-29)27(33)34-4-2/h5-13,18-19H,3-4,14-17H2,1-2H3. The number of rotatable bonds is 7. The van der Waals surface area contributed by atoms with Gasteiger partial charge in [-0.15, -0.1) is 0 Å². The maximum atomic E-state index is 13.6.